The quantitative estimate of drug-likeness (QED) is 0.700. The van der Waals surface area contributed by atoms with E-state index in [9.17, 15) is 9.59 Å². The van der Waals surface area contributed by atoms with Crippen molar-refractivity contribution in [1.82, 2.24) is 15.1 Å². The number of carbonyl (C=O) groups is 2. The third-order valence-electron chi connectivity index (χ3n) is 6.04. The maximum atomic E-state index is 12.8. The van der Waals surface area contributed by atoms with E-state index >= 15 is 0 Å². The summed E-state index contributed by atoms with van der Waals surface area (Å²) < 4.78 is 5.33. The molecule has 0 spiro atoms. The Bertz CT molecular complexity index is 489. The van der Waals surface area contributed by atoms with Crippen molar-refractivity contribution in [2.45, 2.75) is 63.1 Å². The third kappa shape index (κ3) is 5.94. The lowest BCUT2D eigenvalue weighted by Gasteiger charge is -2.42. The Labute approximate surface area is 174 Å². The molecule has 1 atom stereocenters. The fourth-order valence-electron chi connectivity index (χ4n) is 4.13. The molecule has 3 aliphatic rings. The molecule has 0 bridgehead atoms. The molecule has 9 heteroatoms. The fraction of sp³-hybridized carbons (Fsp3) is 0.889. The average Bonchev–Trinajstić information content (AvgIpc) is 3.14. The minimum atomic E-state index is -0.772. The number of hydrogen-bond acceptors (Lipinski definition) is 5. The van der Waals surface area contributed by atoms with Crippen LogP contribution >= 0.6 is 24.8 Å². The summed E-state index contributed by atoms with van der Waals surface area (Å²) in [6.45, 7) is 5.79. The van der Waals surface area contributed by atoms with E-state index < -0.39 is 5.54 Å². The lowest BCUT2D eigenvalue weighted by Crippen LogP contribution is -2.62. The van der Waals surface area contributed by atoms with Crippen molar-refractivity contribution < 1.29 is 14.3 Å². The van der Waals surface area contributed by atoms with Crippen LogP contribution in [-0.4, -0.2) is 78.6 Å². The number of hydrogen-bond donors (Lipinski definition) is 2. The summed E-state index contributed by atoms with van der Waals surface area (Å²) in [5.74, 6) is 0.157. The Kier molecular flexibility index (Phi) is 9.79. The van der Waals surface area contributed by atoms with E-state index in [2.05, 4.69) is 10.2 Å². The first kappa shape index (κ1) is 24.4. The number of rotatable bonds is 4. The topological polar surface area (TPSA) is 87.9 Å². The van der Waals surface area contributed by atoms with Gasteiger partial charge in [-0.05, 0) is 32.6 Å². The van der Waals surface area contributed by atoms with Crippen LogP contribution in [-0.2, 0) is 14.3 Å². The Balaban J connectivity index is 0.00000182. The van der Waals surface area contributed by atoms with Crippen LogP contribution in [0.2, 0.25) is 0 Å². The molecular weight excluding hydrogens is 391 g/mol. The molecule has 2 saturated heterocycles. The van der Waals surface area contributed by atoms with E-state index in [0.29, 0.717) is 45.2 Å². The number of ether oxygens (including phenoxy) is 1. The summed E-state index contributed by atoms with van der Waals surface area (Å²) in [6.07, 6.45) is 5.81. The molecule has 158 valence electrons. The Hall–Kier alpha value is -0.600. The van der Waals surface area contributed by atoms with Gasteiger partial charge >= 0.3 is 0 Å². The van der Waals surface area contributed by atoms with Gasteiger partial charge in [-0.2, -0.15) is 0 Å². The summed E-state index contributed by atoms with van der Waals surface area (Å²) in [4.78, 5) is 29.2. The molecule has 1 saturated carbocycles. The van der Waals surface area contributed by atoms with Gasteiger partial charge in [0.1, 0.15) is 0 Å². The predicted molar refractivity (Wildman–Crippen MR) is 109 cm³/mol. The van der Waals surface area contributed by atoms with Gasteiger partial charge in [-0.3, -0.25) is 14.5 Å². The van der Waals surface area contributed by atoms with Gasteiger partial charge in [-0.25, -0.2) is 0 Å². The van der Waals surface area contributed by atoms with Crippen LogP contribution in [0.3, 0.4) is 0 Å². The molecule has 2 amide bonds. The molecule has 0 aromatic rings. The number of halogens is 2. The molecule has 1 aliphatic carbocycles. The molecule has 7 nitrogen and oxygen atoms in total. The zero-order valence-corrected chi connectivity index (χ0v) is 17.8. The number of piperazine rings is 1. The standard InChI is InChI=1S/C18H32N4O3.2ClH/c1-14(16(23)20-15-4-2-3-5-15)21-8-10-22(11-9-21)17(24)18(19)6-12-25-13-7-18;;/h14-15H,2-13,19H2,1H3,(H,20,23);2*1H. The summed E-state index contributed by atoms with van der Waals surface area (Å²) in [5.41, 5.74) is 5.55. The Morgan fingerprint density at radius 2 is 1.63 bits per heavy atom. The first-order valence-corrected chi connectivity index (χ1v) is 9.70. The van der Waals surface area contributed by atoms with Crippen molar-refractivity contribution >= 4 is 36.6 Å². The number of nitrogens with two attached hydrogens (primary N) is 1. The van der Waals surface area contributed by atoms with Crippen LogP contribution < -0.4 is 11.1 Å². The van der Waals surface area contributed by atoms with Crippen LogP contribution in [0.1, 0.15) is 45.4 Å². The number of nitrogens with zero attached hydrogens (tertiary/aromatic N) is 2. The molecule has 0 aromatic heterocycles. The maximum Gasteiger partial charge on any atom is 0.242 e. The van der Waals surface area contributed by atoms with Gasteiger partial charge in [0.25, 0.3) is 0 Å². The second-order valence-corrected chi connectivity index (χ2v) is 7.76. The van der Waals surface area contributed by atoms with E-state index in [1.807, 2.05) is 11.8 Å². The number of carbonyl (C=O) groups excluding carboxylic acids is 2. The highest BCUT2D eigenvalue weighted by molar-refractivity contribution is 5.86. The van der Waals surface area contributed by atoms with E-state index in [4.69, 9.17) is 10.5 Å². The zero-order chi connectivity index (χ0) is 17.9. The summed E-state index contributed by atoms with van der Waals surface area (Å²) in [5, 5.41) is 3.17. The van der Waals surface area contributed by atoms with Gasteiger partial charge in [-0.15, -0.1) is 24.8 Å². The smallest absolute Gasteiger partial charge is 0.242 e. The normalized spacial score (nSPS) is 24.4. The lowest BCUT2D eigenvalue weighted by atomic mass is 9.89. The van der Waals surface area contributed by atoms with E-state index in [0.717, 1.165) is 25.9 Å². The zero-order valence-electron chi connectivity index (χ0n) is 16.2. The van der Waals surface area contributed by atoms with Gasteiger partial charge in [0, 0.05) is 45.4 Å². The van der Waals surface area contributed by atoms with Crippen LogP contribution in [0, 0.1) is 0 Å². The Morgan fingerprint density at radius 3 is 2.19 bits per heavy atom. The minimum absolute atomic E-state index is 0. The molecule has 1 unspecified atom stereocenters. The molecule has 0 aromatic carbocycles. The maximum absolute atomic E-state index is 12.8. The second-order valence-electron chi connectivity index (χ2n) is 7.76. The number of amides is 2. The monoisotopic (exact) mass is 424 g/mol. The molecule has 0 radical (unpaired) electrons. The minimum Gasteiger partial charge on any atom is -0.381 e. The SMILES string of the molecule is CC(C(=O)NC1CCCC1)N1CCN(C(=O)C2(N)CCOCC2)CC1.Cl.Cl. The summed E-state index contributed by atoms with van der Waals surface area (Å²) in [6, 6.07) is 0.205. The van der Waals surface area contributed by atoms with E-state index in [-0.39, 0.29) is 42.7 Å². The van der Waals surface area contributed by atoms with E-state index in [1.165, 1.54) is 12.8 Å². The Morgan fingerprint density at radius 1 is 1.07 bits per heavy atom. The largest absolute Gasteiger partial charge is 0.381 e. The molecule has 3 fully saturated rings. The van der Waals surface area contributed by atoms with Gasteiger partial charge in [0.05, 0.1) is 11.6 Å². The van der Waals surface area contributed by atoms with Gasteiger partial charge in [-0.1, -0.05) is 12.8 Å². The fourth-order valence-corrected chi connectivity index (χ4v) is 4.13. The average molecular weight is 425 g/mol. The predicted octanol–water partition coefficient (Wildman–Crippen LogP) is 0.929. The van der Waals surface area contributed by atoms with Crippen molar-refractivity contribution in [3.05, 3.63) is 0 Å². The van der Waals surface area contributed by atoms with Crippen LogP contribution in [0.5, 0.6) is 0 Å². The van der Waals surface area contributed by atoms with Crippen molar-refractivity contribution in [3.63, 3.8) is 0 Å². The molecule has 3 N–H and O–H groups in total. The summed E-state index contributed by atoms with van der Waals surface area (Å²) >= 11 is 0. The van der Waals surface area contributed by atoms with E-state index in [1.54, 1.807) is 0 Å². The second kappa shape index (κ2) is 10.8. The molecule has 2 heterocycles. The highest BCUT2D eigenvalue weighted by atomic mass is 35.5. The van der Waals surface area contributed by atoms with Crippen molar-refractivity contribution in [2.24, 2.45) is 5.73 Å². The molecule has 27 heavy (non-hydrogen) atoms. The van der Waals surface area contributed by atoms with Gasteiger partial charge in [0.15, 0.2) is 0 Å². The van der Waals surface area contributed by atoms with Crippen LogP contribution in [0.25, 0.3) is 0 Å². The van der Waals surface area contributed by atoms with Crippen molar-refractivity contribution in [3.8, 4) is 0 Å². The first-order valence-electron chi connectivity index (χ1n) is 9.70. The van der Waals surface area contributed by atoms with Crippen LogP contribution in [0.15, 0.2) is 0 Å². The highest BCUT2D eigenvalue weighted by Gasteiger charge is 2.40. The van der Waals surface area contributed by atoms with Crippen LogP contribution in [0.4, 0.5) is 0 Å². The summed E-state index contributed by atoms with van der Waals surface area (Å²) in [7, 11) is 0. The van der Waals surface area contributed by atoms with Gasteiger partial charge in [0.2, 0.25) is 11.8 Å². The third-order valence-corrected chi connectivity index (χ3v) is 6.04. The highest BCUT2D eigenvalue weighted by Crippen LogP contribution is 2.22. The molecule has 2 aliphatic heterocycles. The van der Waals surface area contributed by atoms with Gasteiger partial charge < -0.3 is 20.7 Å². The molecular formula is C18H34Cl2N4O3. The van der Waals surface area contributed by atoms with Crippen molar-refractivity contribution in [1.29, 1.82) is 0 Å². The lowest BCUT2D eigenvalue weighted by molar-refractivity contribution is -0.143. The van der Waals surface area contributed by atoms with Crippen molar-refractivity contribution in [2.75, 3.05) is 39.4 Å². The first-order chi connectivity index (χ1) is 12.0. The molecule has 3 rings (SSSR count). The number of nitrogens with one attached hydrogen (secondary N) is 1.